The second kappa shape index (κ2) is 6.60. The average molecular weight is 409 g/mol. The second-order valence-corrected chi connectivity index (χ2v) is 7.50. The fourth-order valence-corrected chi connectivity index (χ4v) is 3.96. The van der Waals surface area contributed by atoms with E-state index in [4.69, 9.17) is 0 Å². The molecule has 0 bridgehead atoms. The third-order valence-corrected chi connectivity index (χ3v) is 5.36. The summed E-state index contributed by atoms with van der Waals surface area (Å²) in [6.07, 6.45) is 7.02. The van der Waals surface area contributed by atoms with E-state index in [1.54, 1.807) is 24.8 Å². The van der Waals surface area contributed by atoms with Crippen molar-refractivity contribution in [2.24, 2.45) is 0 Å². The van der Waals surface area contributed by atoms with Crippen LogP contribution in [0.25, 0.3) is 55.7 Å². The van der Waals surface area contributed by atoms with E-state index in [0.29, 0.717) is 0 Å². The first kappa shape index (κ1) is 17.5. The summed E-state index contributed by atoms with van der Waals surface area (Å²) in [6.45, 7) is 1.87. The lowest BCUT2D eigenvalue weighted by molar-refractivity contribution is 0.627. The van der Waals surface area contributed by atoms with Gasteiger partial charge < -0.3 is 4.98 Å². The Hall–Kier alpha value is -4.33. The van der Waals surface area contributed by atoms with Gasteiger partial charge in [0.05, 0.1) is 35.0 Å². The van der Waals surface area contributed by atoms with E-state index in [1.165, 1.54) is 12.1 Å². The molecule has 0 unspecified atom stereocenters. The maximum Gasteiger partial charge on any atom is 0.124 e. The number of nitrogens with one attached hydrogen (secondary N) is 3. The van der Waals surface area contributed by atoms with Crippen molar-refractivity contribution in [3.05, 3.63) is 72.6 Å². The Morgan fingerprint density at radius 1 is 0.871 bits per heavy atom. The van der Waals surface area contributed by atoms with Crippen molar-refractivity contribution >= 4 is 21.8 Å². The highest BCUT2D eigenvalue weighted by molar-refractivity contribution is 6.00. The van der Waals surface area contributed by atoms with Gasteiger partial charge in [0, 0.05) is 39.8 Å². The molecule has 5 heterocycles. The largest absolute Gasteiger partial charge is 0.353 e. The highest BCUT2D eigenvalue weighted by Crippen LogP contribution is 2.34. The molecule has 0 saturated carbocycles. The maximum absolute atomic E-state index is 14.0. The molecule has 0 amide bonds. The summed E-state index contributed by atoms with van der Waals surface area (Å²) in [6, 6.07) is 10.8. The van der Waals surface area contributed by atoms with Gasteiger partial charge in [-0.3, -0.25) is 20.2 Å². The molecule has 6 rings (SSSR count). The minimum Gasteiger partial charge on any atom is -0.353 e. The van der Waals surface area contributed by atoms with Crippen LogP contribution in [-0.4, -0.2) is 35.3 Å². The Bertz CT molecular complexity index is 1540. The lowest BCUT2D eigenvalue weighted by Crippen LogP contribution is -1.87. The summed E-state index contributed by atoms with van der Waals surface area (Å²) in [5, 5.41) is 16.2. The lowest BCUT2D eigenvalue weighted by Gasteiger charge is -2.04. The van der Waals surface area contributed by atoms with Gasteiger partial charge in [-0.2, -0.15) is 10.2 Å². The quantitative estimate of drug-likeness (QED) is 0.383. The van der Waals surface area contributed by atoms with Crippen molar-refractivity contribution in [1.82, 2.24) is 35.3 Å². The Morgan fingerprint density at radius 2 is 1.77 bits per heavy atom. The first-order valence-corrected chi connectivity index (χ1v) is 9.75. The first-order valence-electron chi connectivity index (χ1n) is 9.75. The zero-order chi connectivity index (χ0) is 20.9. The van der Waals surface area contributed by atoms with Gasteiger partial charge in [0.1, 0.15) is 11.5 Å². The number of pyridine rings is 2. The molecule has 31 heavy (non-hydrogen) atoms. The van der Waals surface area contributed by atoms with Crippen LogP contribution in [0.5, 0.6) is 0 Å². The summed E-state index contributed by atoms with van der Waals surface area (Å²) >= 11 is 0. The van der Waals surface area contributed by atoms with E-state index in [2.05, 4.69) is 35.3 Å². The normalized spacial score (nSPS) is 11.5. The lowest BCUT2D eigenvalue weighted by atomic mass is 10.0. The number of aryl methyl sites for hydroxylation is 1. The van der Waals surface area contributed by atoms with Gasteiger partial charge in [0.15, 0.2) is 0 Å². The average Bonchev–Trinajstić information content (AvgIpc) is 3.50. The van der Waals surface area contributed by atoms with E-state index >= 15 is 0 Å². The van der Waals surface area contributed by atoms with Gasteiger partial charge in [0.2, 0.25) is 0 Å². The van der Waals surface area contributed by atoms with Crippen LogP contribution in [0.2, 0.25) is 0 Å². The smallest absolute Gasteiger partial charge is 0.124 e. The minimum atomic E-state index is -0.276. The molecule has 5 aromatic heterocycles. The number of aromatic amines is 3. The summed E-state index contributed by atoms with van der Waals surface area (Å²) in [5.41, 5.74) is 7.38. The van der Waals surface area contributed by atoms with Gasteiger partial charge in [-0.15, -0.1) is 0 Å². The minimum absolute atomic E-state index is 0.276. The van der Waals surface area contributed by atoms with Gasteiger partial charge in [-0.25, -0.2) is 4.39 Å². The predicted octanol–water partition coefficient (Wildman–Crippen LogP) is 5.01. The zero-order valence-corrected chi connectivity index (χ0v) is 16.4. The Balaban J connectivity index is 1.53. The molecule has 0 radical (unpaired) electrons. The third-order valence-electron chi connectivity index (χ3n) is 5.36. The first-order chi connectivity index (χ1) is 15.2. The summed E-state index contributed by atoms with van der Waals surface area (Å²) < 4.78 is 14.0. The standard InChI is InChI=1S/C23H16FN7/c1-12-4-13(6-15(24)5-12)22-16-8-20(29-18(16)2-3-25-22)23-17-7-19(14-9-27-28-10-14)26-11-21(17)30-31-23/h2-11,29H,1H3,(H,27,28)(H,30,31). The number of nitrogens with zero attached hydrogens (tertiary/aromatic N) is 4. The van der Waals surface area contributed by atoms with E-state index in [9.17, 15) is 4.39 Å². The van der Waals surface area contributed by atoms with E-state index in [1.807, 2.05) is 31.2 Å². The molecule has 150 valence electrons. The fraction of sp³-hybridized carbons (Fsp3) is 0.0435. The van der Waals surface area contributed by atoms with Gasteiger partial charge in [0.25, 0.3) is 0 Å². The molecule has 0 spiro atoms. The fourth-order valence-electron chi connectivity index (χ4n) is 3.96. The van der Waals surface area contributed by atoms with Crippen LogP contribution in [0.3, 0.4) is 0 Å². The molecule has 7 nitrogen and oxygen atoms in total. The van der Waals surface area contributed by atoms with Crippen molar-refractivity contribution in [2.45, 2.75) is 6.92 Å². The Morgan fingerprint density at radius 3 is 2.61 bits per heavy atom. The number of rotatable bonds is 3. The number of aromatic nitrogens is 7. The Labute approximate surface area is 175 Å². The summed E-state index contributed by atoms with van der Waals surface area (Å²) in [7, 11) is 0. The molecule has 0 atom stereocenters. The molecule has 0 aliphatic carbocycles. The molecular weight excluding hydrogens is 393 g/mol. The van der Waals surface area contributed by atoms with Crippen LogP contribution in [0, 0.1) is 12.7 Å². The molecular formula is C23H16FN7. The number of hydrogen-bond donors (Lipinski definition) is 3. The highest BCUT2D eigenvalue weighted by atomic mass is 19.1. The predicted molar refractivity (Wildman–Crippen MR) is 117 cm³/mol. The van der Waals surface area contributed by atoms with Crippen LogP contribution in [0.4, 0.5) is 4.39 Å². The van der Waals surface area contributed by atoms with E-state index in [-0.39, 0.29) is 5.82 Å². The van der Waals surface area contributed by atoms with Crippen LogP contribution < -0.4 is 0 Å². The van der Waals surface area contributed by atoms with Crippen molar-refractivity contribution in [3.8, 4) is 33.9 Å². The maximum atomic E-state index is 14.0. The van der Waals surface area contributed by atoms with Crippen molar-refractivity contribution in [3.63, 3.8) is 0 Å². The molecule has 0 aliphatic heterocycles. The van der Waals surface area contributed by atoms with Gasteiger partial charge in [-0.1, -0.05) is 0 Å². The van der Waals surface area contributed by atoms with Crippen LogP contribution in [0.1, 0.15) is 5.56 Å². The topological polar surface area (TPSA) is 98.9 Å². The summed E-state index contributed by atoms with van der Waals surface area (Å²) in [4.78, 5) is 12.4. The SMILES string of the molecule is Cc1cc(F)cc(-c2nccc3[nH]c(-c4n[nH]c5cnc(-c6cn[nH]c6)cc45)cc23)c1. The molecule has 0 saturated heterocycles. The third kappa shape index (κ3) is 2.88. The van der Waals surface area contributed by atoms with Crippen molar-refractivity contribution < 1.29 is 4.39 Å². The number of benzene rings is 1. The van der Waals surface area contributed by atoms with Gasteiger partial charge >= 0.3 is 0 Å². The van der Waals surface area contributed by atoms with Crippen LogP contribution >= 0.6 is 0 Å². The highest BCUT2D eigenvalue weighted by Gasteiger charge is 2.16. The second-order valence-electron chi connectivity index (χ2n) is 7.50. The van der Waals surface area contributed by atoms with Crippen molar-refractivity contribution in [1.29, 1.82) is 0 Å². The molecule has 6 aromatic rings. The number of H-pyrrole nitrogens is 3. The number of fused-ring (bicyclic) bond motifs is 2. The number of hydrogen-bond acceptors (Lipinski definition) is 4. The molecule has 1 aromatic carbocycles. The zero-order valence-electron chi connectivity index (χ0n) is 16.4. The van der Waals surface area contributed by atoms with Crippen molar-refractivity contribution in [2.75, 3.05) is 0 Å². The van der Waals surface area contributed by atoms with Gasteiger partial charge in [-0.05, 0) is 48.9 Å². The molecule has 3 N–H and O–H groups in total. The summed E-state index contributed by atoms with van der Waals surface area (Å²) in [5.74, 6) is -0.276. The molecule has 0 aliphatic rings. The number of halogens is 1. The van der Waals surface area contributed by atoms with Crippen LogP contribution in [0.15, 0.2) is 61.2 Å². The van der Waals surface area contributed by atoms with E-state index in [0.717, 1.165) is 61.3 Å². The molecule has 0 fully saturated rings. The Kier molecular flexibility index (Phi) is 3.73. The molecule has 8 heteroatoms. The monoisotopic (exact) mass is 409 g/mol. The van der Waals surface area contributed by atoms with E-state index < -0.39 is 0 Å². The van der Waals surface area contributed by atoms with Crippen LogP contribution in [-0.2, 0) is 0 Å².